The van der Waals surface area contributed by atoms with E-state index < -0.39 is 11.2 Å². The van der Waals surface area contributed by atoms with Gasteiger partial charge in [0.15, 0.2) is 0 Å². The van der Waals surface area contributed by atoms with Crippen molar-refractivity contribution in [1.82, 2.24) is 14.9 Å². The minimum absolute atomic E-state index is 0. The maximum Gasteiger partial charge on any atom is 0.328 e. The Labute approximate surface area is 132 Å². The van der Waals surface area contributed by atoms with E-state index in [2.05, 4.69) is 10.3 Å². The summed E-state index contributed by atoms with van der Waals surface area (Å²) >= 11 is 0. The van der Waals surface area contributed by atoms with Crippen LogP contribution in [0.2, 0.25) is 0 Å². The first kappa shape index (κ1) is 17.9. The fourth-order valence-electron chi connectivity index (χ4n) is 2.08. The zero-order valence-electron chi connectivity index (χ0n) is 12.2. The molecule has 120 valence electrons. The summed E-state index contributed by atoms with van der Waals surface area (Å²) in [5, 5.41) is 3.15. The van der Waals surface area contributed by atoms with Gasteiger partial charge in [-0.05, 0) is 19.1 Å². The minimum Gasteiger partial charge on any atom is -0.352 e. The average molecular weight is 327 g/mol. The van der Waals surface area contributed by atoms with E-state index >= 15 is 0 Å². The first-order valence-corrected chi connectivity index (χ1v) is 6.74. The molecule has 1 aromatic heterocycles. The zero-order valence-corrected chi connectivity index (χ0v) is 13.0. The van der Waals surface area contributed by atoms with Gasteiger partial charge in [0.1, 0.15) is 0 Å². The molecule has 0 bridgehead atoms. The minimum atomic E-state index is -0.515. The van der Waals surface area contributed by atoms with E-state index in [1.807, 2.05) is 0 Å². The number of rotatable bonds is 5. The summed E-state index contributed by atoms with van der Waals surface area (Å²) in [6, 6.07) is 6.69. The predicted octanol–water partition coefficient (Wildman–Crippen LogP) is -0.0349. The molecule has 0 spiro atoms. The number of para-hydroxylation sites is 1. The summed E-state index contributed by atoms with van der Waals surface area (Å²) in [5.74, 6) is -0.185. The van der Waals surface area contributed by atoms with Gasteiger partial charge in [-0.1, -0.05) is 12.1 Å². The lowest BCUT2D eigenvalue weighted by Gasteiger charge is -2.12. The fourth-order valence-corrected chi connectivity index (χ4v) is 2.08. The number of H-pyrrole nitrogens is 1. The molecule has 0 fully saturated rings. The molecule has 8 heteroatoms. The van der Waals surface area contributed by atoms with Gasteiger partial charge in [0.2, 0.25) is 5.91 Å². The van der Waals surface area contributed by atoms with Crippen molar-refractivity contribution < 1.29 is 4.79 Å². The van der Waals surface area contributed by atoms with Gasteiger partial charge >= 0.3 is 5.69 Å². The van der Waals surface area contributed by atoms with Crippen LogP contribution in [0.3, 0.4) is 0 Å². The number of nitrogens with two attached hydrogens (primary N) is 1. The third kappa shape index (κ3) is 3.96. The molecular weight excluding hydrogens is 308 g/mol. The highest BCUT2D eigenvalue weighted by molar-refractivity contribution is 5.85. The molecule has 1 amide bonds. The van der Waals surface area contributed by atoms with Crippen molar-refractivity contribution in [3.05, 3.63) is 45.1 Å². The number of nitrogens with one attached hydrogen (secondary N) is 2. The Hall–Kier alpha value is -2.12. The van der Waals surface area contributed by atoms with Gasteiger partial charge < -0.3 is 11.1 Å². The molecule has 22 heavy (non-hydrogen) atoms. The molecule has 0 saturated carbocycles. The monoisotopic (exact) mass is 326 g/mol. The van der Waals surface area contributed by atoms with Crippen LogP contribution in [0, 0.1) is 0 Å². The number of aryl methyl sites for hydroxylation is 1. The van der Waals surface area contributed by atoms with Crippen molar-refractivity contribution in [2.24, 2.45) is 5.73 Å². The molecule has 1 heterocycles. The number of halogens is 1. The number of amides is 1. The van der Waals surface area contributed by atoms with E-state index in [9.17, 15) is 14.4 Å². The molecule has 4 N–H and O–H groups in total. The third-order valence-electron chi connectivity index (χ3n) is 3.23. The largest absolute Gasteiger partial charge is 0.352 e. The molecule has 0 aliphatic heterocycles. The van der Waals surface area contributed by atoms with Gasteiger partial charge in [-0.25, -0.2) is 4.79 Å². The number of carbonyl (C=O) groups excluding carboxylic acids is 1. The van der Waals surface area contributed by atoms with Crippen molar-refractivity contribution in [3.8, 4) is 0 Å². The highest BCUT2D eigenvalue weighted by atomic mass is 35.5. The fraction of sp³-hybridized carbons (Fsp3) is 0.357. The van der Waals surface area contributed by atoms with Crippen LogP contribution >= 0.6 is 12.4 Å². The zero-order chi connectivity index (χ0) is 15.4. The van der Waals surface area contributed by atoms with Crippen LogP contribution in [-0.4, -0.2) is 28.0 Å². The van der Waals surface area contributed by atoms with E-state index in [4.69, 9.17) is 5.73 Å². The van der Waals surface area contributed by atoms with Crippen LogP contribution in [-0.2, 0) is 11.3 Å². The molecule has 0 aliphatic carbocycles. The number of aromatic nitrogens is 2. The van der Waals surface area contributed by atoms with Gasteiger partial charge in [-0.2, -0.15) is 0 Å². The topological polar surface area (TPSA) is 110 Å². The molecule has 2 aromatic rings. The Kier molecular flexibility index (Phi) is 6.33. The number of hydrogen-bond acceptors (Lipinski definition) is 4. The summed E-state index contributed by atoms with van der Waals surface area (Å²) in [6.07, 6.45) is 0.139. The van der Waals surface area contributed by atoms with Gasteiger partial charge in [0, 0.05) is 25.6 Å². The summed E-state index contributed by atoms with van der Waals surface area (Å²) in [6.45, 7) is 2.35. The summed E-state index contributed by atoms with van der Waals surface area (Å²) in [7, 11) is 0. The van der Waals surface area contributed by atoms with Crippen molar-refractivity contribution in [2.75, 3.05) is 6.54 Å². The number of fused-ring (bicyclic) bond motifs is 1. The van der Waals surface area contributed by atoms with E-state index in [0.717, 1.165) is 0 Å². The van der Waals surface area contributed by atoms with E-state index in [-0.39, 0.29) is 37.3 Å². The Morgan fingerprint density at radius 2 is 2.05 bits per heavy atom. The highest BCUT2D eigenvalue weighted by Crippen LogP contribution is 2.07. The van der Waals surface area contributed by atoms with Crippen LogP contribution in [0.25, 0.3) is 10.9 Å². The Morgan fingerprint density at radius 1 is 1.36 bits per heavy atom. The van der Waals surface area contributed by atoms with Crippen LogP contribution in [0.15, 0.2) is 33.9 Å². The number of carbonyl (C=O) groups is 1. The van der Waals surface area contributed by atoms with E-state index in [1.54, 1.807) is 31.2 Å². The first-order chi connectivity index (χ1) is 10.0. The van der Waals surface area contributed by atoms with Gasteiger partial charge in [0.25, 0.3) is 5.56 Å². The second-order valence-electron chi connectivity index (χ2n) is 4.88. The van der Waals surface area contributed by atoms with E-state index in [0.29, 0.717) is 17.4 Å². The molecule has 0 saturated heterocycles. The number of benzene rings is 1. The molecule has 1 atom stereocenters. The van der Waals surface area contributed by atoms with Gasteiger partial charge in [-0.3, -0.25) is 19.1 Å². The van der Waals surface area contributed by atoms with Crippen LogP contribution < -0.4 is 22.3 Å². The standard InChI is InChI=1S/C14H18N4O3.ClH/c1-9(8-15)16-12(19)6-7-18-11-5-3-2-4-10(11)13(20)17-14(18)21;/h2-5,9H,6-8,15H2,1H3,(H,16,19)(H,17,20,21);1H/t9-;/m0./s1. The average Bonchev–Trinajstić information content (AvgIpc) is 2.46. The lowest BCUT2D eigenvalue weighted by molar-refractivity contribution is -0.121. The third-order valence-corrected chi connectivity index (χ3v) is 3.23. The maximum atomic E-state index is 11.9. The molecule has 7 nitrogen and oxygen atoms in total. The summed E-state index contributed by atoms with van der Waals surface area (Å²) in [4.78, 5) is 37.6. The van der Waals surface area contributed by atoms with Crippen LogP contribution in [0.1, 0.15) is 13.3 Å². The smallest absolute Gasteiger partial charge is 0.328 e. The van der Waals surface area contributed by atoms with Crippen molar-refractivity contribution in [1.29, 1.82) is 0 Å². The summed E-state index contributed by atoms with van der Waals surface area (Å²) < 4.78 is 1.39. The van der Waals surface area contributed by atoms with Gasteiger partial charge in [0.05, 0.1) is 10.9 Å². The summed E-state index contributed by atoms with van der Waals surface area (Å²) in [5.41, 5.74) is 5.01. The van der Waals surface area contributed by atoms with Crippen molar-refractivity contribution in [2.45, 2.75) is 25.9 Å². The molecule has 1 aromatic carbocycles. The Balaban J connectivity index is 0.00000242. The Morgan fingerprint density at radius 3 is 2.73 bits per heavy atom. The molecular formula is C14H19ClN4O3. The van der Waals surface area contributed by atoms with Crippen molar-refractivity contribution >= 4 is 29.2 Å². The Bertz CT molecular complexity index is 769. The van der Waals surface area contributed by atoms with Gasteiger partial charge in [-0.15, -0.1) is 12.4 Å². The van der Waals surface area contributed by atoms with E-state index in [1.165, 1.54) is 4.57 Å². The SMILES string of the molecule is C[C@@H](CN)NC(=O)CCn1c(=O)[nH]c(=O)c2ccccc21.Cl. The second-order valence-corrected chi connectivity index (χ2v) is 4.88. The van der Waals surface area contributed by atoms with Crippen LogP contribution in [0.5, 0.6) is 0 Å². The number of nitrogens with zero attached hydrogens (tertiary/aromatic N) is 1. The quantitative estimate of drug-likeness (QED) is 0.716. The molecule has 0 radical (unpaired) electrons. The lowest BCUT2D eigenvalue weighted by atomic mass is 10.2. The van der Waals surface area contributed by atoms with Crippen LogP contribution in [0.4, 0.5) is 0 Å². The number of aromatic amines is 1. The maximum absolute atomic E-state index is 11.9. The molecule has 0 aliphatic rings. The normalized spacial score (nSPS) is 11.7. The van der Waals surface area contributed by atoms with Crippen molar-refractivity contribution in [3.63, 3.8) is 0 Å². The molecule has 0 unspecified atom stereocenters. The number of hydrogen-bond donors (Lipinski definition) is 3. The molecule has 2 rings (SSSR count). The predicted molar refractivity (Wildman–Crippen MR) is 87.4 cm³/mol. The highest BCUT2D eigenvalue weighted by Gasteiger charge is 2.10. The first-order valence-electron chi connectivity index (χ1n) is 6.74. The second kappa shape index (κ2) is 7.77. The lowest BCUT2D eigenvalue weighted by Crippen LogP contribution is -2.39.